The van der Waals surface area contributed by atoms with E-state index in [9.17, 15) is 0 Å². The summed E-state index contributed by atoms with van der Waals surface area (Å²) in [6.07, 6.45) is 1.97. The Morgan fingerprint density at radius 1 is 1.00 bits per heavy atom. The van der Waals surface area contributed by atoms with Gasteiger partial charge in [0.1, 0.15) is 0 Å². The zero-order valence-electron chi connectivity index (χ0n) is 8.27. The molecule has 4 N–H and O–H groups in total. The Balaban J connectivity index is 2.49. The van der Waals surface area contributed by atoms with Gasteiger partial charge in [-0.15, -0.1) is 0 Å². The minimum Gasteiger partial charge on any atom is -0.400 e. The van der Waals surface area contributed by atoms with Crippen LogP contribution in [0.4, 0.5) is 0 Å². The highest BCUT2D eigenvalue weighted by Crippen LogP contribution is 2.33. The number of hydrogen-bond donors (Lipinski definition) is 2. The molecule has 0 saturated heterocycles. The maximum atomic E-state index is 6.06. The van der Waals surface area contributed by atoms with E-state index in [1.54, 1.807) is 0 Å². The second-order valence-electron chi connectivity index (χ2n) is 3.91. The molecule has 2 aromatic rings. The van der Waals surface area contributed by atoms with Crippen molar-refractivity contribution in [3.63, 3.8) is 0 Å². The van der Waals surface area contributed by atoms with E-state index < -0.39 is 0 Å². The van der Waals surface area contributed by atoms with Crippen molar-refractivity contribution in [2.75, 3.05) is 0 Å². The van der Waals surface area contributed by atoms with Gasteiger partial charge in [-0.1, -0.05) is 36.4 Å². The van der Waals surface area contributed by atoms with E-state index in [0.29, 0.717) is 0 Å². The molecule has 1 aliphatic rings. The van der Waals surface area contributed by atoms with Crippen LogP contribution in [0.1, 0.15) is 17.2 Å². The third kappa shape index (κ3) is 1.09. The van der Waals surface area contributed by atoms with Crippen LogP contribution in [0.15, 0.2) is 42.1 Å². The molecule has 1 unspecified atom stereocenters. The van der Waals surface area contributed by atoms with Crippen molar-refractivity contribution in [1.29, 1.82) is 0 Å². The van der Waals surface area contributed by atoms with E-state index >= 15 is 0 Å². The molecule has 0 heterocycles. The Bertz CT molecular complexity index is 565. The SMILES string of the molecule is NC1=Cc2cccc3cccc(c23)C1N. The predicted octanol–water partition coefficient (Wildman–Crippen LogP) is 2.15. The quantitative estimate of drug-likeness (QED) is 0.678. The highest BCUT2D eigenvalue weighted by Gasteiger charge is 2.18. The second-order valence-corrected chi connectivity index (χ2v) is 3.91. The molecular formula is C13H12N2. The van der Waals surface area contributed by atoms with Gasteiger partial charge in [-0.3, -0.25) is 0 Å². The van der Waals surface area contributed by atoms with Crippen LogP contribution in [-0.4, -0.2) is 0 Å². The topological polar surface area (TPSA) is 52.0 Å². The van der Waals surface area contributed by atoms with Gasteiger partial charge in [0.15, 0.2) is 0 Å². The standard InChI is InChI=1S/C13H12N2/c14-11-7-9-5-1-3-8-4-2-6-10(12(8)9)13(11)15/h1-7,13H,14-15H2. The third-order valence-electron chi connectivity index (χ3n) is 2.99. The second kappa shape index (κ2) is 2.84. The smallest absolute Gasteiger partial charge is 0.0705 e. The molecule has 3 rings (SSSR count). The average molecular weight is 196 g/mol. The van der Waals surface area contributed by atoms with Gasteiger partial charge in [0.2, 0.25) is 0 Å². The maximum Gasteiger partial charge on any atom is 0.0705 e. The predicted molar refractivity (Wildman–Crippen MR) is 63.0 cm³/mol. The normalized spacial score (nSPS) is 19.0. The van der Waals surface area contributed by atoms with Crippen molar-refractivity contribution < 1.29 is 0 Å². The van der Waals surface area contributed by atoms with E-state index in [4.69, 9.17) is 11.5 Å². The summed E-state index contributed by atoms with van der Waals surface area (Å²) in [5.41, 5.74) is 15.0. The van der Waals surface area contributed by atoms with Crippen LogP contribution < -0.4 is 11.5 Å². The fourth-order valence-electron chi connectivity index (χ4n) is 2.23. The van der Waals surface area contributed by atoms with Crippen molar-refractivity contribution in [1.82, 2.24) is 0 Å². The van der Waals surface area contributed by atoms with Gasteiger partial charge in [0, 0.05) is 5.70 Å². The van der Waals surface area contributed by atoms with E-state index in [1.165, 1.54) is 16.3 Å². The molecule has 0 aromatic heterocycles. The lowest BCUT2D eigenvalue weighted by Crippen LogP contribution is -2.21. The van der Waals surface area contributed by atoms with E-state index in [0.717, 1.165) is 11.3 Å². The fourth-order valence-corrected chi connectivity index (χ4v) is 2.23. The molecule has 0 spiro atoms. The van der Waals surface area contributed by atoms with Gasteiger partial charge in [-0.25, -0.2) is 0 Å². The molecule has 1 atom stereocenters. The van der Waals surface area contributed by atoms with Gasteiger partial charge >= 0.3 is 0 Å². The van der Waals surface area contributed by atoms with Crippen LogP contribution in [0.5, 0.6) is 0 Å². The molecular weight excluding hydrogens is 184 g/mol. The van der Waals surface area contributed by atoms with Crippen molar-refractivity contribution >= 4 is 16.8 Å². The van der Waals surface area contributed by atoms with E-state index in [2.05, 4.69) is 24.3 Å². The Kier molecular flexibility index (Phi) is 1.61. The molecule has 0 radical (unpaired) electrons. The maximum absolute atomic E-state index is 6.06. The van der Waals surface area contributed by atoms with Gasteiger partial charge in [0.05, 0.1) is 6.04 Å². The first-order valence-electron chi connectivity index (χ1n) is 5.01. The number of benzene rings is 2. The summed E-state index contributed by atoms with van der Waals surface area (Å²) in [6, 6.07) is 12.2. The first-order valence-corrected chi connectivity index (χ1v) is 5.01. The van der Waals surface area contributed by atoms with Crippen LogP contribution in [0, 0.1) is 0 Å². The molecule has 0 fully saturated rings. The minimum absolute atomic E-state index is 0.163. The van der Waals surface area contributed by atoms with Gasteiger partial charge < -0.3 is 11.5 Å². The van der Waals surface area contributed by atoms with Crippen LogP contribution in [0.2, 0.25) is 0 Å². The monoisotopic (exact) mass is 196 g/mol. The fraction of sp³-hybridized carbons (Fsp3) is 0.0769. The van der Waals surface area contributed by atoms with Crippen molar-refractivity contribution in [2.24, 2.45) is 11.5 Å². The van der Waals surface area contributed by atoms with Crippen LogP contribution in [0.3, 0.4) is 0 Å². The summed E-state index contributed by atoms with van der Waals surface area (Å²) in [4.78, 5) is 0. The summed E-state index contributed by atoms with van der Waals surface area (Å²) in [5.74, 6) is 0. The van der Waals surface area contributed by atoms with Crippen LogP contribution >= 0.6 is 0 Å². The number of rotatable bonds is 0. The molecule has 0 amide bonds. The largest absolute Gasteiger partial charge is 0.400 e. The Hall–Kier alpha value is -1.80. The minimum atomic E-state index is -0.163. The third-order valence-corrected chi connectivity index (χ3v) is 2.99. The molecule has 0 aliphatic heterocycles. The van der Waals surface area contributed by atoms with Crippen molar-refractivity contribution in [2.45, 2.75) is 6.04 Å². The summed E-state index contributed by atoms with van der Waals surface area (Å²) >= 11 is 0. The molecule has 0 saturated carbocycles. The van der Waals surface area contributed by atoms with Crippen LogP contribution in [0.25, 0.3) is 16.8 Å². The van der Waals surface area contributed by atoms with E-state index in [-0.39, 0.29) is 6.04 Å². The van der Waals surface area contributed by atoms with E-state index in [1.807, 2.05) is 18.2 Å². The Labute approximate surface area is 88.2 Å². The lowest BCUT2D eigenvalue weighted by molar-refractivity contribution is 0.843. The molecule has 2 heteroatoms. The van der Waals surface area contributed by atoms with Gasteiger partial charge in [-0.2, -0.15) is 0 Å². The lowest BCUT2D eigenvalue weighted by Gasteiger charge is -2.21. The molecule has 0 bridgehead atoms. The van der Waals surface area contributed by atoms with Gasteiger partial charge in [-0.05, 0) is 28.0 Å². The van der Waals surface area contributed by atoms with Gasteiger partial charge in [0.25, 0.3) is 0 Å². The summed E-state index contributed by atoms with van der Waals surface area (Å²) in [6.45, 7) is 0. The summed E-state index contributed by atoms with van der Waals surface area (Å²) in [5, 5.41) is 2.46. The average Bonchev–Trinajstić information content (AvgIpc) is 2.26. The molecule has 2 aromatic carbocycles. The number of nitrogens with two attached hydrogens (primary N) is 2. The molecule has 2 nitrogen and oxygen atoms in total. The highest BCUT2D eigenvalue weighted by molar-refractivity contribution is 5.96. The zero-order valence-corrected chi connectivity index (χ0v) is 8.27. The van der Waals surface area contributed by atoms with Crippen LogP contribution in [-0.2, 0) is 0 Å². The summed E-state index contributed by atoms with van der Waals surface area (Å²) in [7, 11) is 0. The number of hydrogen-bond acceptors (Lipinski definition) is 2. The summed E-state index contributed by atoms with van der Waals surface area (Å²) < 4.78 is 0. The van der Waals surface area contributed by atoms with Crippen molar-refractivity contribution in [3.05, 3.63) is 53.2 Å². The molecule has 1 aliphatic carbocycles. The van der Waals surface area contributed by atoms with Crippen molar-refractivity contribution in [3.8, 4) is 0 Å². The molecule has 74 valence electrons. The Morgan fingerprint density at radius 3 is 2.53 bits per heavy atom. The zero-order chi connectivity index (χ0) is 10.4. The first-order chi connectivity index (χ1) is 7.27. The highest BCUT2D eigenvalue weighted by atomic mass is 14.7. The molecule has 15 heavy (non-hydrogen) atoms. The first kappa shape index (κ1) is 8.50. The lowest BCUT2D eigenvalue weighted by atomic mass is 9.89. The Morgan fingerprint density at radius 2 is 1.73 bits per heavy atom.